The molecule has 23 heavy (non-hydrogen) atoms. The SMILES string of the molecule is C=CC(C)(C)Cc1cc(CCl)ccc1-c1cc(OC)ccc1F. The van der Waals surface area contributed by atoms with E-state index in [1.54, 1.807) is 19.2 Å². The molecule has 0 spiro atoms. The number of benzene rings is 2. The van der Waals surface area contributed by atoms with Gasteiger partial charge in [0.15, 0.2) is 0 Å². The summed E-state index contributed by atoms with van der Waals surface area (Å²) in [6.45, 7) is 8.12. The maximum Gasteiger partial charge on any atom is 0.131 e. The van der Waals surface area contributed by atoms with E-state index in [1.165, 1.54) is 6.07 Å². The van der Waals surface area contributed by atoms with Crippen molar-refractivity contribution in [3.8, 4) is 16.9 Å². The Morgan fingerprint density at radius 3 is 2.52 bits per heavy atom. The molecule has 3 heteroatoms. The van der Waals surface area contributed by atoms with E-state index in [-0.39, 0.29) is 11.2 Å². The largest absolute Gasteiger partial charge is 0.497 e. The second-order valence-electron chi connectivity index (χ2n) is 6.34. The highest BCUT2D eigenvalue weighted by Gasteiger charge is 2.19. The van der Waals surface area contributed by atoms with Crippen LogP contribution in [0.4, 0.5) is 4.39 Å². The van der Waals surface area contributed by atoms with Gasteiger partial charge in [0.2, 0.25) is 0 Å². The summed E-state index contributed by atoms with van der Waals surface area (Å²) in [4.78, 5) is 0. The van der Waals surface area contributed by atoms with E-state index in [0.717, 1.165) is 23.1 Å². The van der Waals surface area contributed by atoms with Crippen molar-refractivity contribution >= 4 is 11.6 Å². The van der Waals surface area contributed by atoms with Crippen molar-refractivity contribution in [2.75, 3.05) is 7.11 Å². The van der Waals surface area contributed by atoms with E-state index < -0.39 is 0 Å². The molecule has 0 radical (unpaired) electrons. The van der Waals surface area contributed by atoms with Gasteiger partial charge < -0.3 is 4.74 Å². The summed E-state index contributed by atoms with van der Waals surface area (Å²) in [5.41, 5.74) is 3.40. The summed E-state index contributed by atoms with van der Waals surface area (Å²) in [6, 6.07) is 10.7. The third-order valence-corrected chi connectivity index (χ3v) is 4.29. The number of halogens is 2. The minimum atomic E-state index is -0.262. The Morgan fingerprint density at radius 2 is 1.91 bits per heavy atom. The second-order valence-corrected chi connectivity index (χ2v) is 6.61. The smallest absolute Gasteiger partial charge is 0.131 e. The van der Waals surface area contributed by atoms with Crippen LogP contribution in [0.1, 0.15) is 25.0 Å². The number of hydrogen-bond acceptors (Lipinski definition) is 1. The van der Waals surface area contributed by atoms with Crippen molar-refractivity contribution in [2.24, 2.45) is 5.41 Å². The number of allylic oxidation sites excluding steroid dienone is 1. The summed E-state index contributed by atoms with van der Waals surface area (Å²) in [5.74, 6) is 0.807. The molecule has 2 aromatic carbocycles. The molecule has 122 valence electrons. The molecule has 0 aromatic heterocycles. The minimum Gasteiger partial charge on any atom is -0.497 e. The van der Waals surface area contributed by atoms with Crippen LogP contribution < -0.4 is 4.74 Å². The zero-order valence-corrected chi connectivity index (χ0v) is 14.6. The van der Waals surface area contributed by atoms with Gasteiger partial charge in [0.25, 0.3) is 0 Å². The summed E-state index contributed by atoms with van der Waals surface area (Å²) >= 11 is 5.97. The zero-order valence-electron chi connectivity index (χ0n) is 13.8. The average Bonchev–Trinajstić information content (AvgIpc) is 2.55. The van der Waals surface area contributed by atoms with Gasteiger partial charge in [-0.25, -0.2) is 4.39 Å². The van der Waals surface area contributed by atoms with Gasteiger partial charge in [0, 0.05) is 11.4 Å². The van der Waals surface area contributed by atoms with Crippen LogP contribution in [0.5, 0.6) is 5.75 Å². The van der Waals surface area contributed by atoms with Gasteiger partial charge in [0.05, 0.1) is 7.11 Å². The summed E-state index contributed by atoms with van der Waals surface area (Å²) in [5, 5.41) is 0. The summed E-state index contributed by atoms with van der Waals surface area (Å²) in [6.07, 6.45) is 2.68. The van der Waals surface area contributed by atoms with Crippen molar-refractivity contribution in [3.05, 3.63) is 66.0 Å². The average molecular weight is 333 g/mol. The number of rotatable bonds is 6. The third kappa shape index (κ3) is 4.14. The predicted octanol–water partition coefficient (Wildman–Crippen LogP) is 5.99. The van der Waals surface area contributed by atoms with Crippen LogP contribution >= 0.6 is 11.6 Å². The van der Waals surface area contributed by atoms with Gasteiger partial charge in [-0.1, -0.05) is 38.1 Å². The minimum absolute atomic E-state index is 0.0883. The molecule has 0 bridgehead atoms. The molecule has 0 amide bonds. The molecule has 0 unspecified atom stereocenters. The lowest BCUT2D eigenvalue weighted by molar-refractivity contribution is 0.414. The van der Waals surface area contributed by atoms with Gasteiger partial charge >= 0.3 is 0 Å². The molecule has 0 heterocycles. The molecular formula is C20H22ClFO. The van der Waals surface area contributed by atoms with Gasteiger partial charge in [-0.2, -0.15) is 0 Å². The van der Waals surface area contributed by atoms with Crippen molar-refractivity contribution in [1.29, 1.82) is 0 Å². The van der Waals surface area contributed by atoms with Crippen LogP contribution in [0.15, 0.2) is 49.1 Å². The van der Waals surface area contributed by atoms with Crippen molar-refractivity contribution in [3.63, 3.8) is 0 Å². The van der Waals surface area contributed by atoms with E-state index in [2.05, 4.69) is 20.4 Å². The molecule has 0 aliphatic heterocycles. The number of alkyl halides is 1. The van der Waals surface area contributed by atoms with E-state index in [9.17, 15) is 4.39 Å². The molecule has 0 atom stereocenters. The predicted molar refractivity (Wildman–Crippen MR) is 95.6 cm³/mol. The van der Waals surface area contributed by atoms with Gasteiger partial charge in [0.1, 0.15) is 11.6 Å². The van der Waals surface area contributed by atoms with E-state index >= 15 is 0 Å². The lowest BCUT2D eigenvalue weighted by Gasteiger charge is -2.22. The molecule has 0 aliphatic rings. The first-order valence-electron chi connectivity index (χ1n) is 7.55. The summed E-state index contributed by atoms with van der Waals surface area (Å²) in [7, 11) is 1.58. The maximum atomic E-state index is 14.4. The maximum absolute atomic E-state index is 14.4. The van der Waals surface area contributed by atoms with Crippen LogP contribution in [0.25, 0.3) is 11.1 Å². The fourth-order valence-electron chi connectivity index (χ4n) is 2.54. The fourth-order valence-corrected chi connectivity index (χ4v) is 2.71. The molecule has 0 fully saturated rings. The Morgan fingerprint density at radius 1 is 1.17 bits per heavy atom. The van der Waals surface area contributed by atoms with E-state index in [4.69, 9.17) is 16.3 Å². The first kappa shape index (κ1) is 17.6. The molecule has 1 nitrogen and oxygen atoms in total. The topological polar surface area (TPSA) is 9.23 Å². The highest BCUT2D eigenvalue weighted by Crippen LogP contribution is 2.34. The van der Waals surface area contributed by atoms with Crippen LogP contribution in [0.2, 0.25) is 0 Å². The van der Waals surface area contributed by atoms with Crippen molar-refractivity contribution < 1.29 is 9.13 Å². The van der Waals surface area contributed by atoms with Gasteiger partial charge in [-0.15, -0.1) is 18.2 Å². The van der Waals surface area contributed by atoms with Crippen LogP contribution in [-0.2, 0) is 12.3 Å². The molecular weight excluding hydrogens is 311 g/mol. The van der Waals surface area contributed by atoms with Crippen LogP contribution in [-0.4, -0.2) is 7.11 Å². The van der Waals surface area contributed by atoms with E-state index in [0.29, 0.717) is 17.2 Å². The highest BCUT2D eigenvalue weighted by atomic mass is 35.5. The highest BCUT2D eigenvalue weighted by molar-refractivity contribution is 6.17. The lowest BCUT2D eigenvalue weighted by Crippen LogP contribution is -2.12. The Hall–Kier alpha value is -1.80. The standard InChI is InChI=1S/C20H22ClFO/c1-5-20(2,3)12-15-10-14(13-21)6-8-17(15)18-11-16(23-4)7-9-19(18)22/h5-11H,1,12-13H2,2-4H3. The lowest BCUT2D eigenvalue weighted by atomic mass is 9.82. The van der Waals surface area contributed by atoms with Crippen LogP contribution in [0.3, 0.4) is 0 Å². The number of ether oxygens (including phenoxy) is 1. The Labute approximate surface area is 142 Å². The molecule has 0 aliphatic carbocycles. The molecule has 2 aromatic rings. The number of methoxy groups -OCH3 is 1. The fraction of sp³-hybridized carbons (Fsp3) is 0.300. The monoisotopic (exact) mass is 332 g/mol. The quantitative estimate of drug-likeness (QED) is 0.466. The Balaban J connectivity index is 2.59. The third-order valence-electron chi connectivity index (χ3n) is 3.99. The second kappa shape index (κ2) is 7.18. The molecule has 2 rings (SSSR count). The van der Waals surface area contributed by atoms with Gasteiger partial charge in [-0.3, -0.25) is 0 Å². The normalized spacial score (nSPS) is 11.3. The first-order chi connectivity index (χ1) is 10.9. The van der Waals surface area contributed by atoms with Crippen molar-refractivity contribution in [2.45, 2.75) is 26.1 Å². The summed E-state index contributed by atoms with van der Waals surface area (Å²) < 4.78 is 19.6. The van der Waals surface area contributed by atoms with Crippen molar-refractivity contribution in [1.82, 2.24) is 0 Å². The van der Waals surface area contributed by atoms with E-state index in [1.807, 2.05) is 24.3 Å². The number of hydrogen-bond donors (Lipinski definition) is 0. The zero-order chi connectivity index (χ0) is 17.0. The Kier molecular flexibility index (Phi) is 5.48. The molecule has 0 saturated carbocycles. The molecule has 0 N–H and O–H groups in total. The Bertz CT molecular complexity index is 707. The van der Waals surface area contributed by atoms with Crippen LogP contribution in [0, 0.1) is 11.2 Å². The molecule has 0 saturated heterocycles. The first-order valence-corrected chi connectivity index (χ1v) is 8.09. The van der Waals surface area contributed by atoms with Gasteiger partial charge in [-0.05, 0) is 46.7 Å².